The Morgan fingerprint density at radius 2 is 2.11 bits per heavy atom. The molecule has 6 heteroatoms. The van der Waals surface area contributed by atoms with Gasteiger partial charge in [0.1, 0.15) is 12.2 Å². The highest BCUT2D eigenvalue weighted by Gasteiger charge is 2.50. The molecule has 0 spiro atoms. The van der Waals surface area contributed by atoms with E-state index in [1.54, 1.807) is 13.8 Å². The molecule has 2 saturated heterocycles. The van der Waals surface area contributed by atoms with Crippen LogP contribution in [0.1, 0.15) is 27.7 Å². The number of carbonyl (C=O) groups is 1. The van der Waals surface area contributed by atoms with Crippen molar-refractivity contribution < 1.29 is 28.8 Å². The number of rotatable bonds is 3. The summed E-state index contributed by atoms with van der Waals surface area (Å²) in [4.78, 5) is 12.1. The second kappa shape index (κ2) is 4.54. The number of hydrogen-bond acceptors (Lipinski definition) is 6. The Labute approximate surface area is 106 Å². The maximum absolute atomic E-state index is 12.1. The minimum absolute atomic E-state index is 0.00927. The van der Waals surface area contributed by atoms with Crippen LogP contribution >= 0.6 is 0 Å². The van der Waals surface area contributed by atoms with Gasteiger partial charge < -0.3 is 24.1 Å². The molecular formula is C12H20O6. The molecule has 0 amide bonds. The lowest BCUT2D eigenvalue weighted by Crippen LogP contribution is -2.50. The predicted octanol–water partition coefficient (Wildman–Crippen LogP) is 0.219. The lowest BCUT2D eigenvalue weighted by atomic mass is 10.0. The summed E-state index contributed by atoms with van der Waals surface area (Å²) in [6.45, 7) is 6.83. The number of aliphatic hydroxyl groups is 1. The van der Waals surface area contributed by atoms with Gasteiger partial charge in [-0.15, -0.1) is 0 Å². The number of Topliss-reactive ketones (excluding diaryl/α,β-unsaturated/α-hetero) is 1. The zero-order chi connectivity index (χ0) is 13.6. The van der Waals surface area contributed by atoms with Crippen LogP contribution in [0.2, 0.25) is 0 Å². The van der Waals surface area contributed by atoms with E-state index < -0.39 is 23.8 Å². The zero-order valence-corrected chi connectivity index (χ0v) is 11.1. The summed E-state index contributed by atoms with van der Waals surface area (Å²) in [5.41, 5.74) is 0. The lowest BCUT2D eigenvalue weighted by Gasteiger charge is -2.30. The summed E-state index contributed by atoms with van der Waals surface area (Å²) >= 11 is 0. The van der Waals surface area contributed by atoms with Gasteiger partial charge in [0.25, 0.3) is 0 Å². The molecule has 0 aliphatic carbocycles. The van der Waals surface area contributed by atoms with E-state index in [2.05, 4.69) is 0 Å². The molecule has 1 N–H and O–H groups in total. The average Bonchev–Trinajstić information content (AvgIpc) is 2.51. The van der Waals surface area contributed by atoms with E-state index in [0.29, 0.717) is 6.61 Å². The lowest BCUT2D eigenvalue weighted by molar-refractivity contribution is -0.203. The molecule has 2 aliphatic rings. The number of ketones is 1. The third-order valence-electron chi connectivity index (χ3n) is 2.83. The van der Waals surface area contributed by atoms with Crippen molar-refractivity contribution in [3.8, 4) is 0 Å². The molecule has 0 radical (unpaired) electrons. The van der Waals surface area contributed by atoms with E-state index in [-0.39, 0.29) is 18.5 Å². The first-order chi connectivity index (χ1) is 8.18. The molecule has 0 aromatic heterocycles. The van der Waals surface area contributed by atoms with E-state index >= 15 is 0 Å². The van der Waals surface area contributed by atoms with Gasteiger partial charge in [0, 0.05) is 0 Å². The SMILES string of the molecule is CC(C)(O)OCC1OCC2OC(C)(C)OC2C1=O. The number of fused-ring (bicyclic) bond motifs is 1. The Kier molecular flexibility index (Phi) is 3.50. The fraction of sp³-hybridized carbons (Fsp3) is 0.917. The molecule has 0 bridgehead atoms. The molecule has 3 atom stereocenters. The highest BCUT2D eigenvalue weighted by molar-refractivity contribution is 5.89. The predicted molar refractivity (Wildman–Crippen MR) is 60.8 cm³/mol. The molecule has 2 heterocycles. The van der Waals surface area contributed by atoms with Crippen LogP contribution in [0, 0.1) is 0 Å². The molecule has 2 aliphatic heterocycles. The standard InChI is InChI=1S/C12H20O6/c1-11(2,14)16-6-7-9(13)10-8(5-15-7)17-12(3,4)18-10/h7-8,10,14H,5-6H2,1-4H3. The van der Waals surface area contributed by atoms with Gasteiger partial charge in [0.05, 0.1) is 13.2 Å². The normalized spacial score (nSPS) is 35.6. The number of hydrogen-bond donors (Lipinski definition) is 1. The van der Waals surface area contributed by atoms with Gasteiger partial charge in [0.2, 0.25) is 0 Å². The van der Waals surface area contributed by atoms with Crippen molar-refractivity contribution >= 4 is 5.78 Å². The van der Waals surface area contributed by atoms with Crippen LogP contribution < -0.4 is 0 Å². The van der Waals surface area contributed by atoms with Crippen molar-refractivity contribution in [3.05, 3.63) is 0 Å². The van der Waals surface area contributed by atoms with Crippen LogP contribution in [-0.4, -0.2) is 54.0 Å². The summed E-state index contributed by atoms with van der Waals surface area (Å²) < 4.78 is 21.7. The third kappa shape index (κ3) is 3.07. The fourth-order valence-corrected chi connectivity index (χ4v) is 2.08. The van der Waals surface area contributed by atoms with E-state index in [1.165, 1.54) is 13.8 Å². The highest BCUT2D eigenvalue weighted by Crippen LogP contribution is 2.32. The van der Waals surface area contributed by atoms with Crippen molar-refractivity contribution in [3.63, 3.8) is 0 Å². The molecule has 0 aromatic carbocycles. The van der Waals surface area contributed by atoms with Gasteiger partial charge in [-0.3, -0.25) is 4.79 Å². The molecule has 0 saturated carbocycles. The largest absolute Gasteiger partial charge is 0.366 e. The summed E-state index contributed by atoms with van der Waals surface area (Å²) in [6, 6.07) is 0. The van der Waals surface area contributed by atoms with Crippen molar-refractivity contribution in [2.24, 2.45) is 0 Å². The first-order valence-corrected chi connectivity index (χ1v) is 6.05. The van der Waals surface area contributed by atoms with Gasteiger partial charge in [-0.25, -0.2) is 0 Å². The van der Waals surface area contributed by atoms with Gasteiger partial charge in [-0.05, 0) is 27.7 Å². The maximum Gasteiger partial charge on any atom is 0.195 e. The van der Waals surface area contributed by atoms with E-state index in [1.807, 2.05) is 0 Å². The third-order valence-corrected chi connectivity index (χ3v) is 2.83. The second-order valence-electron chi connectivity index (χ2n) is 5.58. The molecule has 0 aromatic rings. The van der Waals surface area contributed by atoms with Crippen LogP contribution in [-0.2, 0) is 23.7 Å². The Balaban J connectivity index is 1.96. The molecular weight excluding hydrogens is 240 g/mol. The van der Waals surface area contributed by atoms with E-state index in [0.717, 1.165) is 0 Å². The van der Waals surface area contributed by atoms with Crippen LogP contribution in [0.15, 0.2) is 0 Å². The zero-order valence-electron chi connectivity index (χ0n) is 11.1. The van der Waals surface area contributed by atoms with Crippen molar-refractivity contribution in [1.82, 2.24) is 0 Å². The van der Waals surface area contributed by atoms with Gasteiger partial charge in [0.15, 0.2) is 23.5 Å². The summed E-state index contributed by atoms with van der Waals surface area (Å²) in [5.74, 6) is -2.24. The second-order valence-corrected chi connectivity index (χ2v) is 5.58. The Morgan fingerprint density at radius 3 is 2.72 bits per heavy atom. The summed E-state index contributed by atoms with van der Waals surface area (Å²) in [5, 5.41) is 9.46. The highest BCUT2D eigenvalue weighted by atomic mass is 16.8. The van der Waals surface area contributed by atoms with Gasteiger partial charge in [-0.1, -0.05) is 0 Å². The van der Waals surface area contributed by atoms with Crippen molar-refractivity contribution in [2.75, 3.05) is 13.2 Å². The number of carbonyl (C=O) groups excluding carboxylic acids is 1. The van der Waals surface area contributed by atoms with Crippen molar-refractivity contribution in [1.29, 1.82) is 0 Å². The minimum atomic E-state index is -1.28. The topological polar surface area (TPSA) is 74.2 Å². The Morgan fingerprint density at radius 1 is 1.44 bits per heavy atom. The van der Waals surface area contributed by atoms with Gasteiger partial charge >= 0.3 is 0 Å². The van der Waals surface area contributed by atoms with E-state index in [4.69, 9.17) is 18.9 Å². The molecule has 3 unspecified atom stereocenters. The Hall–Kier alpha value is -0.530. The first-order valence-electron chi connectivity index (χ1n) is 6.05. The smallest absolute Gasteiger partial charge is 0.195 e. The number of ether oxygens (including phenoxy) is 4. The van der Waals surface area contributed by atoms with Crippen LogP contribution in [0.4, 0.5) is 0 Å². The molecule has 104 valence electrons. The van der Waals surface area contributed by atoms with Crippen molar-refractivity contribution in [2.45, 2.75) is 57.6 Å². The molecule has 6 nitrogen and oxygen atoms in total. The summed E-state index contributed by atoms with van der Waals surface area (Å²) in [7, 11) is 0. The molecule has 2 fully saturated rings. The molecule has 18 heavy (non-hydrogen) atoms. The van der Waals surface area contributed by atoms with E-state index in [9.17, 15) is 9.90 Å². The monoisotopic (exact) mass is 260 g/mol. The maximum atomic E-state index is 12.1. The summed E-state index contributed by atoms with van der Waals surface area (Å²) in [6.07, 6.45) is -1.68. The van der Waals surface area contributed by atoms with Crippen LogP contribution in [0.5, 0.6) is 0 Å². The fourth-order valence-electron chi connectivity index (χ4n) is 2.08. The Bertz CT molecular complexity index is 332. The van der Waals surface area contributed by atoms with Crippen LogP contribution in [0.25, 0.3) is 0 Å². The van der Waals surface area contributed by atoms with Gasteiger partial charge in [-0.2, -0.15) is 0 Å². The minimum Gasteiger partial charge on any atom is -0.366 e. The molecule has 2 rings (SSSR count). The first kappa shape index (κ1) is 13.9. The quantitative estimate of drug-likeness (QED) is 0.732. The average molecular weight is 260 g/mol. The van der Waals surface area contributed by atoms with Crippen LogP contribution in [0.3, 0.4) is 0 Å².